The molecule has 11 heteroatoms. The van der Waals surface area contributed by atoms with Gasteiger partial charge in [0.1, 0.15) is 0 Å². The first-order valence-electron chi connectivity index (χ1n) is 14.2. The highest BCUT2D eigenvalue weighted by molar-refractivity contribution is 5.95. The zero-order chi connectivity index (χ0) is 30.2. The molecule has 0 unspecified atom stereocenters. The monoisotopic (exact) mass is 579 g/mol. The Balaban J connectivity index is 1.49. The van der Waals surface area contributed by atoms with Gasteiger partial charge < -0.3 is 15.5 Å². The van der Waals surface area contributed by atoms with Crippen LogP contribution in [-0.4, -0.2) is 56.7 Å². The topological polar surface area (TPSA) is 88.0 Å². The highest BCUT2D eigenvalue weighted by Crippen LogP contribution is 2.42. The SMILES string of the molecule is CCc1cc(-c2cc(-c3c(NC(C)=O)cccc3C(F)(F)F)nn2C)cc2cnc(NC3CCC(N(C)C)CC3)nc12. The van der Waals surface area contributed by atoms with Crippen LogP contribution in [0.25, 0.3) is 33.4 Å². The lowest BCUT2D eigenvalue weighted by atomic mass is 9.90. The maximum absolute atomic E-state index is 14.0. The summed E-state index contributed by atoms with van der Waals surface area (Å²) in [6, 6.07) is 10.2. The van der Waals surface area contributed by atoms with E-state index < -0.39 is 17.6 Å². The van der Waals surface area contributed by atoms with Crippen molar-refractivity contribution in [2.24, 2.45) is 7.05 Å². The van der Waals surface area contributed by atoms with Crippen LogP contribution >= 0.6 is 0 Å². The van der Waals surface area contributed by atoms with E-state index in [9.17, 15) is 18.0 Å². The zero-order valence-electron chi connectivity index (χ0n) is 24.5. The van der Waals surface area contributed by atoms with Crippen molar-refractivity contribution in [1.29, 1.82) is 0 Å². The van der Waals surface area contributed by atoms with Crippen LogP contribution in [0.3, 0.4) is 0 Å². The van der Waals surface area contributed by atoms with E-state index in [1.807, 2.05) is 19.1 Å². The number of carbonyl (C=O) groups excluding carboxylic acids is 1. The Hall–Kier alpha value is -3.99. The number of hydrogen-bond acceptors (Lipinski definition) is 6. The number of nitrogens with zero attached hydrogens (tertiary/aromatic N) is 5. The van der Waals surface area contributed by atoms with E-state index >= 15 is 0 Å². The van der Waals surface area contributed by atoms with Gasteiger partial charge in [-0.15, -0.1) is 0 Å². The Labute approximate surface area is 243 Å². The third-order valence-corrected chi connectivity index (χ3v) is 8.02. The highest BCUT2D eigenvalue weighted by Gasteiger charge is 2.36. The molecule has 5 rings (SSSR count). The molecule has 222 valence electrons. The van der Waals surface area contributed by atoms with E-state index in [2.05, 4.69) is 39.7 Å². The summed E-state index contributed by atoms with van der Waals surface area (Å²) < 4.78 is 43.6. The van der Waals surface area contributed by atoms with Crippen molar-refractivity contribution in [3.05, 3.63) is 53.7 Å². The van der Waals surface area contributed by atoms with Crippen molar-refractivity contribution >= 4 is 28.4 Å². The van der Waals surface area contributed by atoms with Crippen LogP contribution in [-0.2, 0) is 24.4 Å². The molecule has 2 heterocycles. The molecule has 8 nitrogen and oxygen atoms in total. The van der Waals surface area contributed by atoms with Crippen LogP contribution in [0.4, 0.5) is 24.8 Å². The number of aryl methyl sites for hydroxylation is 2. The van der Waals surface area contributed by atoms with Crippen LogP contribution < -0.4 is 10.6 Å². The molecule has 1 saturated carbocycles. The number of amides is 1. The first-order valence-corrected chi connectivity index (χ1v) is 14.2. The molecule has 0 radical (unpaired) electrons. The number of rotatable bonds is 7. The fourth-order valence-electron chi connectivity index (χ4n) is 5.84. The number of halogens is 3. The minimum Gasteiger partial charge on any atom is -0.351 e. The van der Waals surface area contributed by atoms with Gasteiger partial charge in [0.05, 0.1) is 28.2 Å². The molecule has 1 amide bonds. The molecule has 0 saturated heterocycles. The number of benzene rings is 2. The highest BCUT2D eigenvalue weighted by atomic mass is 19.4. The van der Waals surface area contributed by atoms with Crippen molar-refractivity contribution < 1.29 is 18.0 Å². The molecule has 2 N–H and O–H groups in total. The Morgan fingerprint density at radius 2 is 1.86 bits per heavy atom. The third-order valence-electron chi connectivity index (χ3n) is 8.02. The third kappa shape index (κ3) is 6.11. The van der Waals surface area contributed by atoms with Crippen molar-refractivity contribution in [3.8, 4) is 22.5 Å². The largest absolute Gasteiger partial charge is 0.417 e. The molecule has 1 aliphatic carbocycles. The average molecular weight is 580 g/mol. The van der Waals surface area contributed by atoms with E-state index in [4.69, 9.17) is 4.98 Å². The zero-order valence-corrected chi connectivity index (χ0v) is 24.5. The van der Waals surface area contributed by atoms with Crippen LogP contribution in [0, 0.1) is 0 Å². The first-order chi connectivity index (χ1) is 19.9. The van der Waals surface area contributed by atoms with E-state index in [-0.39, 0.29) is 16.9 Å². The lowest BCUT2D eigenvalue weighted by Gasteiger charge is -2.32. The molecule has 0 atom stereocenters. The second-order valence-corrected chi connectivity index (χ2v) is 11.2. The second kappa shape index (κ2) is 11.7. The van der Waals surface area contributed by atoms with Gasteiger partial charge in [-0.2, -0.15) is 18.3 Å². The van der Waals surface area contributed by atoms with Gasteiger partial charge >= 0.3 is 6.18 Å². The summed E-state index contributed by atoms with van der Waals surface area (Å²) in [7, 11) is 5.95. The Bertz CT molecular complexity index is 1600. The predicted octanol–water partition coefficient (Wildman–Crippen LogP) is 6.52. The van der Waals surface area contributed by atoms with Gasteiger partial charge in [0.15, 0.2) is 0 Å². The summed E-state index contributed by atoms with van der Waals surface area (Å²) in [5.41, 5.74) is 2.40. The molecule has 0 bridgehead atoms. The predicted molar refractivity (Wildman–Crippen MR) is 159 cm³/mol. The fraction of sp³-hybridized carbons (Fsp3) is 0.419. The van der Waals surface area contributed by atoms with Gasteiger partial charge in [-0.05, 0) is 82.1 Å². The summed E-state index contributed by atoms with van der Waals surface area (Å²) in [4.78, 5) is 23.5. The van der Waals surface area contributed by atoms with E-state index in [0.29, 0.717) is 30.1 Å². The minimum absolute atomic E-state index is 0.0540. The number of fused-ring (bicyclic) bond motifs is 1. The Morgan fingerprint density at radius 3 is 2.50 bits per heavy atom. The molecule has 42 heavy (non-hydrogen) atoms. The molecular weight excluding hydrogens is 543 g/mol. The normalized spacial score (nSPS) is 17.5. The van der Waals surface area contributed by atoms with Gasteiger partial charge in [-0.25, -0.2) is 9.97 Å². The molecule has 4 aromatic rings. The number of alkyl halides is 3. The quantitative estimate of drug-likeness (QED) is 0.259. The summed E-state index contributed by atoms with van der Waals surface area (Å²) in [6.07, 6.45) is 2.27. The molecule has 1 aliphatic rings. The average Bonchev–Trinajstić information content (AvgIpc) is 3.33. The molecule has 2 aromatic heterocycles. The summed E-state index contributed by atoms with van der Waals surface area (Å²) in [5, 5.41) is 11.3. The number of carbonyl (C=O) groups is 1. The van der Waals surface area contributed by atoms with Crippen molar-refractivity contribution in [3.63, 3.8) is 0 Å². The first kappa shape index (κ1) is 29.5. The van der Waals surface area contributed by atoms with Crippen molar-refractivity contribution in [2.75, 3.05) is 24.7 Å². The number of aromatic nitrogens is 4. The maximum atomic E-state index is 14.0. The standard InChI is InChI=1S/C31H36F3N7O/c1-6-19-14-20(15-21-17-35-30(38-29(19)21)37-22-10-12-23(13-11-22)40(3)4)27-16-26(39-41(27)5)28-24(31(32,33)34)8-7-9-25(28)36-18(2)42/h7-9,14-17,22-23H,6,10-13H2,1-5H3,(H,36,42)(H,35,37,38). The molecule has 1 fully saturated rings. The summed E-state index contributed by atoms with van der Waals surface area (Å²) in [5.74, 6) is 0.138. The molecule has 0 aliphatic heterocycles. The van der Waals surface area contributed by atoms with Crippen molar-refractivity contribution in [1.82, 2.24) is 24.6 Å². The molecule has 0 spiro atoms. The number of hydrogen-bond donors (Lipinski definition) is 2. The number of nitrogens with one attached hydrogen (secondary N) is 2. The van der Waals surface area contributed by atoms with E-state index in [1.54, 1.807) is 24.0 Å². The van der Waals surface area contributed by atoms with Gasteiger partial charge in [-0.3, -0.25) is 9.48 Å². The van der Waals surface area contributed by atoms with Crippen molar-refractivity contribution in [2.45, 2.75) is 64.2 Å². The van der Waals surface area contributed by atoms with E-state index in [1.165, 1.54) is 19.1 Å². The Morgan fingerprint density at radius 1 is 1.12 bits per heavy atom. The maximum Gasteiger partial charge on any atom is 0.417 e. The van der Waals surface area contributed by atoms with Gasteiger partial charge in [0.2, 0.25) is 11.9 Å². The Kier molecular flexibility index (Phi) is 8.23. The van der Waals surface area contributed by atoms with Gasteiger partial charge in [0, 0.05) is 48.8 Å². The van der Waals surface area contributed by atoms with Gasteiger partial charge in [0.25, 0.3) is 0 Å². The molecule has 2 aromatic carbocycles. The second-order valence-electron chi connectivity index (χ2n) is 11.2. The van der Waals surface area contributed by atoms with Crippen LogP contribution in [0.15, 0.2) is 42.6 Å². The minimum atomic E-state index is -4.63. The smallest absolute Gasteiger partial charge is 0.351 e. The summed E-state index contributed by atoms with van der Waals surface area (Å²) >= 11 is 0. The number of anilines is 2. The van der Waals surface area contributed by atoms with Crippen LogP contribution in [0.1, 0.15) is 50.7 Å². The lowest BCUT2D eigenvalue weighted by Crippen LogP contribution is -2.36. The van der Waals surface area contributed by atoms with Gasteiger partial charge in [-0.1, -0.05) is 13.0 Å². The van der Waals surface area contributed by atoms with Crippen LogP contribution in [0.5, 0.6) is 0 Å². The van der Waals surface area contributed by atoms with Crippen LogP contribution in [0.2, 0.25) is 0 Å². The van der Waals surface area contributed by atoms with E-state index in [0.717, 1.165) is 53.8 Å². The lowest BCUT2D eigenvalue weighted by molar-refractivity contribution is -0.137. The molecular formula is C31H36F3N7O. The fourth-order valence-corrected chi connectivity index (χ4v) is 5.84. The summed E-state index contributed by atoms with van der Waals surface area (Å²) in [6.45, 7) is 3.30.